The van der Waals surface area contributed by atoms with Crippen LogP contribution in [0.3, 0.4) is 0 Å². The number of rotatable bonds is 2. The Balaban J connectivity index is 1.51. The van der Waals surface area contributed by atoms with Crippen molar-refractivity contribution in [2.24, 2.45) is 11.8 Å². The first-order valence-electron chi connectivity index (χ1n) is 9.09. The highest BCUT2D eigenvalue weighted by Gasteiger charge is 2.32. The third-order valence-corrected chi connectivity index (χ3v) is 5.64. The topological polar surface area (TPSA) is 58.9 Å². The van der Waals surface area contributed by atoms with Crippen molar-refractivity contribution in [3.8, 4) is 5.69 Å². The number of para-hydroxylation sites is 1. The molecule has 128 valence electrons. The molecule has 4 heterocycles. The highest BCUT2D eigenvalue weighted by atomic mass is 15.2. The van der Waals surface area contributed by atoms with E-state index < -0.39 is 0 Å². The molecule has 2 aliphatic rings. The Kier molecular flexibility index (Phi) is 3.63. The van der Waals surface area contributed by atoms with Crippen LogP contribution in [0.1, 0.15) is 12.8 Å². The average Bonchev–Trinajstić information content (AvgIpc) is 3.12. The predicted octanol–water partition coefficient (Wildman–Crippen LogP) is 2.25. The van der Waals surface area contributed by atoms with E-state index in [0.29, 0.717) is 5.92 Å². The molecule has 2 atom stereocenters. The van der Waals surface area contributed by atoms with Crippen LogP contribution in [0, 0.1) is 11.8 Å². The lowest BCUT2D eigenvalue weighted by Gasteiger charge is -2.41. The van der Waals surface area contributed by atoms with Gasteiger partial charge in [-0.1, -0.05) is 18.2 Å². The Morgan fingerprint density at radius 3 is 2.84 bits per heavy atom. The second-order valence-electron chi connectivity index (χ2n) is 7.07. The summed E-state index contributed by atoms with van der Waals surface area (Å²) in [6, 6.07) is 10.2. The molecule has 2 aromatic heterocycles. The predicted molar refractivity (Wildman–Crippen MR) is 98.0 cm³/mol. The van der Waals surface area contributed by atoms with Crippen molar-refractivity contribution in [2.75, 3.05) is 31.1 Å². The van der Waals surface area contributed by atoms with E-state index in [9.17, 15) is 0 Å². The third-order valence-electron chi connectivity index (χ3n) is 5.64. The van der Waals surface area contributed by atoms with E-state index in [-0.39, 0.29) is 0 Å². The lowest BCUT2D eigenvalue weighted by molar-refractivity contribution is 0.217. The normalized spacial score (nSPS) is 23.6. The molecule has 0 saturated carbocycles. The monoisotopic (exact) mass is 334 g/mol. The Morgan fingerprint density at radius 1 is 1.00 bits per heavy atom. The Labute approximate surface area is 146 Å². The lowest BCUT2D eigenvalue weighted by Crippen LogP contribution is -2.48. The largest absolute Gasteiger partial charge is 0.354 e. The molecule has 0 amide bonds. The number of aromatic nitrogens is 4. The summed E-state index contributed by atoms with van der Waals surface area (Å²) in [5, 5.41) is 3.54. The molecule has 5 rings (SSSR count). The van der Waals surface area contributed by atoms with E-state index in [2.05, 4.69) is 37.3 Å². The number of imidazole rings is 1. The van der Waals surface area contributed by atoms with Crippen molar-refractivity contribution in [3.05, 3.63) is 43.0 Å². The summed E-state index contributed by atoms with van der Waals surface area (Å²) in [4.78, 5) is 16.2. The van der Waals surface area contributed by atoms with Gasteiger partial charge >= 0.3 is 0 Å². The number of fused-ring (bicyclic) bond motifs is 2. The molecule has 6 nitrogen and oxygen atoms in total. The summed E-state index contributed by atoms with van der Waals surface area (Å²) >= 11 is 0. The molecule has 2 saturated heterocycles. The highest BCUT2D eigenvalue weighted by molar-refractivity contribution is 5.84. The summed E-state index contributed by atoms with van der Waals surface area (Å²) < 4.78 is 2.04. The standard InChI is InChI=1S/C19H22N6/c1-2-4-16(5-3-1)25-13-23-17-18(21-12-22-19(17)25)24-9-7-14-6-8-20-10-15(14)11-24/h1-5,12-15,20H,6-11H2. The van der Waals surface area contributed by atoms with Crippen molar-refractivity contribution in [3.63, 3.8) is 0 Å². The van der Waals surface area contributed by atoms with Crippen LogP contribution in [-0.2, 0) is 0 Å². The van der Waals surface area contributed by atoms with E-state index in [1.54, 1.807) is 6.33 Å². The molecular weight excluding hydrogens is 312 g/mol. The molecular formula is C19H22N6. The molecule has 3 aromatic rings. The van der Waals surface area contributed by atoms with Gasteiger partial charge in [0.15, 0.2) is 17.0 Å². The summed E-state index contributed by atoms with van der Waals surface area (Å²) in [5.74, 6) is 2.55. The lowest BCUT2D eigenvalue weighted by atomic mass is 9.81. The number of hydrogen-bond donors (Lipinski definition) is 1. The quantitative estimate of drug-likeness (QED) is 0.779. The van der Waals surface area contributed by atoms with Crippen LogP contribution < -0.4 is 10.2 Å². The van der Waals surface area contributed by atoms with Crippen molar-refractivity contribution in [1.82, 2.24) is 24.8 Å². The first-order chi connectivity index (χ1) is 12.4. The van der Waals surface area contributed by atoms with E-state index >= 15 is 0 Å². The van der Waals surface area contributed by atoms with E-state index in [0.717, 1.165) is 48.2 Å². The second-order valence-corrected chi connectivity index (χ2v) is 7.07. The SMILES string of the molecule is c1ccc(-n2cnc3c(N4CCC5CCNCC5C4)ncnc32)cc1. The molecule has 1 aromatic carbocycles. The number of hydrogen-bond acceptors (Lipinski definition) is 5. The summed E-state index contributed by atoms with van der Waals surface area (Å²) in [6.45, 7) is 4.40. The molecule has 1 N–H and O–H groups in total. The number of benzene rings is 1. The Morgan fingerprint density at radius 2 is 1.92 bits per heavy atom. The van der Waals surface area contributed by atoms with Gasteiger partial charge in [-0.2, -0.15) is 0 Å². The van der Waals surface area contributed by atoms with Gasteiger partial charge in [-0.05, 0) is 49.9 Å². The Bertz CT molecular complexity index is 874. The van der Waals surface area contributed by atoms with Crippen molar-refractivity contribution >= 4 is 17.0 Å². The fraction of sp³-hybridized carbons (Fsp3) is 0.421. The van der Waals surface area contributed by atoms with Crippen LogP contribution in [0.15, 0.2) is 43.0 Å². The van der Waals surface area contributed by atoms with Gasteiger partial charge in [0.1, 0.15) is 12.7 Å². The first kappa shape index (κ1) is 14.8. The molecule has 2 aliphatic heterocycles. The van der Waals surface area contributed by atoms with Crippen molar-refractivity contribution in [1.29, 1.82) is 0 Å². The zero-order valence-electron chi connectivity index (χ0n) is 14.2. The van der Waals surface area contributed by atoms with E-state index in [1.165, 1.54) is 19.4 Å². The van der Waals surface area contributed by atoms with E-state index in [4.69, 9.17) is 0 Å². The third kappa shape index (κ3) is 2.57. The van der Waals surface area contributed by atoms with Crippen molar-refractivity contribution in [2.45, 2.75) is 12.8 Å². The molecule has 0 bridgehead atoms. The Hall–Kier alpha value is -2.47. The minimum Gasteiger partial charge on any atom is -0.354 e. The average molecular weight is 334 g/mol. The van der Waals surface area contributed by atoms with Gasteiger partial charge in [-0.3, -0.25) is 4.57 Å². The molecule has 6 heteroatoms. The first-order valence-corrected chi connectivity index (χ1v) is 9.09. The van der Waals surface area contributed by atoms with Crippen LogP contribution in [-0.4, -0.2) is 45.7 Å². The van der Waals surface area contributed by atoms with Crippen LogP contribution in [0.2, 0.25) is 0 Å². The molecule has 2 unspecified atom stereocenters. The van der Waals surface area contributed by atoms with Crippen LogP contribution in [0.4, 0.5) is 5.82 Å². The zero-order chi connectivity index (χ0) is 16.6. The van der Waals surface area contributed by atoms with Gasteiger partial charge in [-0.15, -0.1) is 0 Å². The molecule has 25 heavy (non-hydrogen) atoms. The van der Waals surface area contributed by atoms with Gasteiger partial charge in [0.05, 0.1) is 0 Å². The zero-order valence-corrected chi connectivity index (χ0v) is 14.2. The number of nitrogens with one attached hydrogen (secondary N) is 1. The van der Waals surface area contributed by atoms with Gasteiger partial charge in [0, 0.05) is 18.8 Å². The van der Waals surface area contributed by atoms with Crippen LogP contribution in [0.25, 0.3) is 16.9 Å². The second kappa shape index (κ2) is 6.11. The molecule has 0 aliphatic carbocycles. The highest BCUT2D eigenvalue weighted by Crippen LogP contribution is 2.32. The maximum absolute atomic E-state index is 4.65. The number of anilines is 1. The minimum atomic E-state index is 0.712. The fourth-order valence-electron chi connectivity index (χ4n) is 4.29. The van der Waals surface area contributed by atoms with Gasteiger partial charge in [-0.25, -0.2) is 15.0 Å². The van der Waals surface area contributed by atoms with Gasteiger partial charge in [0.2, 0.25) is 0 Å². The maximum Gasteiger partial charge on any atom is 0.170 e. The molecule has 0 radical (unpaired) electrons. The summed E-state index contributed by atoms with van der Waals surface area (Å²) in [5.41, 5.74) is 2.85. The van der Waals surface area contributed by atoms with Crippen LogP contribution in [0.5, 0.6) is 0 Å². The number of piperidine rings is 2. The van der Waals surface area contributed by atoms with Gasteiger partial charge in [0.25, 0.3) is 0 Å². The fourth-order valence-corrected chi connectivity index (χ4v) is 4.29. The summed E-state index contributed by atoms with van der Waals surface area (Å²) in [7, 11) is 0. The number of nitrogens with zero attached hydrogens (tertiary/aromatic N) is 5. The molecule has 0 spiro atoms. The van der Waals surface area contributed by atoms with Crippen LogP contribution >= 0.6 is 0 Å². The summed E-state index contributed by atoms with van der Waals surface area (Å²) in [6.07, 6.45) is 6.08. The maximum atomic E-state index is 4.65. The minimum absolute atomic E-state index is 0.712. The smallest absolute Gasteiger partial charge is 0.170 e. The molecule has 2 fully saturated rings. The van der Waals surface area contributed by atoms with Gasteiger partial charge < -0.3 is 10.2 Å². The van der Waals surface area contributed by atoms with E-state index in [1.807, 2.05) is 29.1 Å². The van der Waals surface area contributed by atoms with Crippen molar-refractivity contribution < 1.29 is 0 Å².